The summed E-state index contributed by atoms with van der Waals surface area (Å²) in [6.45, 7) is 6.07. The maximum Gasteiger partial charge on any atom is 0.205 e. The fourth-order valence-corrected chi connectivity index (χ4v) is 3.36. The van der Waals surface area contributed by atoms with Crippen molar-refractivity contribution in [2.75, 3.05) is 6.26 Å². The van der Waals surface area contributed by atoms with Crippen molar-refractivity contribution < 1.29 is 4.79 Å². The molecular formula is C14H20BrNOS2. The van der Waals surface area contributed by atoms with Crippen LogP contribution >= 0.6 is 39.5 Å². The average molecular weight is 362 g/mol. The van der Waals surface area contributed by atoms with E-state index in [-0.39, 0.29) is 20.7 Å². The van der Waals surface area contributed by atoms with Crippen LogP contribution in [0.5, 0.6) is 0 Å². The van der Waals surface area contributed by atoms with Gasteiger partial charge in [0.15, 0.2) is 0 Å². The summed E-state index contributed by atoms with van der Waals surface area (Å²) in [4.78, 5) is 13.0. The summed E-state index contributed by atoms with van der Waals surface area (Å²) in [6, 6.07) is 7.71. The summed E-state index contributed by atoms with van der Waals surface area (Å²) in [7, 11) is 0. The van der Waals surface area contributed by atoms with E-state index in [1.807, 2.05) is 51.3 Å². The van der Waals surface area contributed by atoms with Gasteiger partial charge in [0.05, 0.1) is 6.04 Å². The van der Waals surface area contributed by atoms with Gasteiger partial charge in [-0.1, -0.05) is 60.6 Å². The van der Waals surface area contributed by atoms with Gasteiger partial charge < -0.3 is 5.73 Å². The maximum absolute atomic E-state index is 12.1. The molecule has 1 aromatic rings. The molecule has 19 heavy (non-hydrogen) atoms. The Balaban J connectivity index is 2.75. The van der Waals surface area contributed by atoms with Gasteiger partial charge in [-0.15, -0.1) is 11.8 Å². The third-order valence-corrected chi connectivity index (χ3v) is 5.55. The first-order valence-corrected chi connectivity index (χ1v) is 8.97. The second kappa shape index (κ2) is 7.16. The highest BCUT2D eigenvalue weighted by Crippen LogP contribution is 2.32. The molecule has 0 aliphatic heterocycles. The number of rotatable bonds is 4. The minimum Gasteiger partial charge on any atom is -0.323 e. The third kappa shape index (κ3) is 5.50. The zero-order valence-corrected chi connectivity index (χ0v) is 14.9. The van der Waals surface area contributed by atoms with Crippen LogP contribution in [0.4, 0.5) is 0 Å². The molecular weight excluding hydrogens is 342 g/mol. The van der Waals surface area contributed by atoms with Crippen LogP contribution in [0.1, 0.15) is 32.4 Å². The zero-order valence-electron chi connectivity index (χ0n) is 11.6. The van der Waals surface area contributed by atoms with Gasteiger partial charge in [-0.3, -0.25) is 4.79 Å². The molecule has 0 saturated carbocycles. The van der Waals surface area contributed by atoms with Gasteiger partial charge in [0.25, 0.3) is 0 Å². The number of nitrogens with two attached hydrogens (primary N) is 1. The Hall–Kier alpha value is 0.0300. The van der Waals surface area contributed by atoms with E-state index in [9.17, 15) is 4.79 Å². The average Bonchev–Trinajstić information content (AvgIpc) is 2.35. The largest absolute Gasteiger partial charge is 0.323 e. The van der Waals surface area contributed by atoms with E-state index in [0.29, 0.717) is 0 Å². The molecule has 1 aromatic carbocycles. The molecule has 0 aliphatic carbocycles. The Kier molecular flexibility index (Phi) is 6.43. The van der Waals surface area contributed by atoms with Gasteiger partial charge in [0.1, 0.15) is 4.83 Å². The molecule has 0 aliphatic rings. The minimum absolute atomic E-state index is 0.0777. The lowest BCUT2D eigenvalue weighted by Gasteiger charge is -2.22. The molecule has 2 atom stereocenters. The van der Waals surface area contributed by atoms with E-state index in [1.165, 1.54) is 16.7 Å². The van der Waals surface area contributed by atoms with Crippen molar-refractivity contribution in [3.63, 3.8) is 0 Å². The van der Waals surface area contributed by atoms with Gasteiger partial charge >= 0.3 is 0 Å². The Labute approximate surface area is 132 Å². The number of alkyl halides is 1. The number of carbonyl (C=O) groups excluding carboxylic acids is 1. The molecule has 2 N–H and O–H groups in total. The smallest absolute Gasteiger partial charge is 0.205 e. The summed E-state index contributed by atoms with van der Waals surface area (Å²) in [5.41, 5.74) is 7.14. The summed E-state index contributed by atoms with van der Waals surface area (Å²) in [5.74, 6) is 0. The molecule has 1 rings (SSSR count). The summed E-state index contributed by atoms with van der Waals surface area (Å²) >= 11 is 6.45. The van der Waals surface area contributed by atoms with E-state index in [4.69, 9.17) is 5.73 Å². The first-order chi connectivity index (χ1) is 8.74. The van der Waals surface area contributed by atoms with Crippen molar-refractivity contribution in [2.24, 2.45) is 5.73 Å². The zero-order chi connectivity index (χ0) is 14.6. The fourth-order valence-electron chi connectivity index (χ4n) is 1.50. The van der Waals surface area contributed by atoms with E-state index < -0.39 is 0 Å². The lowest BCUT2D eigenvalue weighted by molar-refractivity contribution is -0.110. The van der Waals surface area contributed by atoms with Crippen molar-refractivity contribution in [3.05, 3.63) is 29.8 Å². The highest BCUT2D eigenvalue weighted by Gasteiger charge is 2.28. The standard InChI is InChI=1S/C14H20BrNOS2/c1-14(2,3)19-13(17)11(15)12(16)9-5-7-10(18-4)8-6-9/h5-8,11-12H,16H2,1-4H3. The van der Waals surface area contributed by atoms with E-state index in [1.54, 1.807) is 11.8 Å². The summed E-state index contributed by atoms with van der Waals surface area (Å²) in [6.07, 6.45) is 2.03. The Morgan fingerprint density at radius 2 is 1.79 bits per heavy atom. The molecule has 106 valence electrons. The molecule has 0 spiro atoms. The molecule has 0 aromatic heterocycles. The van der Waals surface area contributed by atoms with Crippen LogP contribution in [0.15, 0.2) is 29.2 Å². The fraction of sp³-hybridized carbons (Fsp3) is 0.500. The van der Waals surface area contributed by atoms with Crippen LogP contribution in [0.3, 0.4) is 0 Å². The van der Waals surface area contributed by atoms with Crippen LogP contribution in [-0.4, -0.2) is 20.9 Å². The Bertz CT molecular complexity index is 428. The first-order valence-electron chi connectivity index (χ1n) is 6.01. The number of hydrogen-bond acceptors (Lipinski definition) is 4. The molecule has 2 nitrogen and oxygen atoms in total. The monoisotopic (exact) mass is 361 g/mol. The lowest BCUT2D eigenvalue weighted by Crippen LogP contribution is -2.29. The van der Waals surface area contributed by atoms with Crippen molar-refractivity contribution in [1.82, 2.24) is 0 Å². The molecule has 5 heteroatoms. The molecule has 0 radical (unpaired) electrons. The van der Waals surface area contributed by atoms with Crippen LogP contribution < -0.4 is 5.73 Å². The van der Waals surface area contributed by atoms with Gasteiger partial charge in [-0.25, -0.2) is 0 Å². The Morgan fingerprint density at radius 1 is 1.26 bits per heavy atom. The quantitative estimate of drug-likeness (QED) is 0.643. The molecule has 0 bridgehead atoms. The second-order valence-electron chi connectivity index (χ2n) is 5.23. The maximum atomic E-state index is 12.1. The second-order valence-corrected chi connectivity index (χ2v) is 8.93. The highest BCUT2D eigenvalue weighted by molar-refractivity contribution is 9.10. The minimum atomic E-state index is -0.364. The van der Waals surface area contributed by atoms with Crippen molar-refractivity contribution in [3.8, 4) is 0 Å². The third-order valence-electron chi connectivity index (χ3n) is 2.45. The van der Waals surface area contributed by atoms with E-state index in [0.717, 1.165) is 5.56 Å². The SMILES string of the molecule is CSc1ccc(C(N)C(Br)C(=O)SC(C)(C)C)cc1. The van der Waals surface area contributed by atoms with E-state index >= 15 is 0 Å². The topological polar surface area (TPSA) is 43.1 Å². The van der Waals surface area contributed by atoms with Gasteiger partial charge in [0, 0.05) is 9.64 Å². The van der Waals surface area contributed by atoms with Crippen molar-refractivity contribution in [2.45, 2.75) is 41.3 Å². The predicted octanol–water partition coefficient (Wildman–Crippen LogP) is 4.23. The van der Waals surface area contributed by atoms with Crippen LogP contribution in [0.25, 0.3) is 0 Å². The number of carbonyl (C=O) groups is 1. The van der Waals surface area contributed by atoms with E-state index in [2.05, 4.69) is 15.9 Å². The summed E-state index contributed by atoms with van der Waals surface area (Å²) in [5, 5.41) is 0.0777. The predicted molar refractivity (Wildman–Crippen MR) is 90.2 cm³/mol. The number of thioether (sulfide) groups is 2. The van der Waals surface area contributed by atoms with Gasteiger partial charge in [0.2, 0.25) is 5.12 Å². The van der Waals surface area contributed by atoms with Gasteiger partial charge in [-0.05, 0) is 24.0 Å². The van der Waals surface area contributed by atoms with Gasteiger partial charge in [-0.2, -0.15) is 0 Å². The molecule has 0 heterocycles. The van der Waals surface area contributed by atoms with Crippen molar-refractivity contribution in [1.29, 1.82) is 0 Å². The molecule has 2 unspecified atom stereocenters. The molecule has 0 saturated heterocycles. The highest BCUT2D eigenvalue weighted by atomic mass is 79.9. The molecule has 0 fully saturated rings. The van der Waals surface area contributed by atoms with Crippen LogP contribution in [0.2, 0.25) is 0 Å². The van der Waals surface area contributed by atoms with Crippen LogP contribution in [-0.2, 0) is 4.79 Å². The number of halogens is 1. The summed E-state index contributed by atoms with van der Waals surface area (Å²) < 4.78 is -0.0917. The number of hydrogen-bond donors (Lipinski definition) is 1. The molecule has 0 amide bonds. The van der Waals surface area contributed by atoms with Crippen LogP contribution in [0, 0.1) is 0 Å². The Morgan fingerprint density at radius 3 is 2.21 bits per heavy atom. The first kappa shape index (κ1) is 17.1. The normalized spacial score (nSPS) is 15.1. The number of benzene rings is 1. The lowest BCUT2D eigenvalue weighted by atomic mass is 10.1. The van der Waals surface area contributed by atoms with Crippen molar-refractivity contribution >= 4 is 44.6 Å².